The van der Waals surface area contributed by atoms with Crippen molar-refractivity contribution in [3.05, 3.63) is 50.9 Å². The van der Waals surface area contributed by atoms with Gasteiger partial charge in [-0.05, 0) is 25.8 Å². The Balaban J connectivity index is 1.63. The number of likely N-dealkylation sites (tertiary alicyclic amines) is 1. The molecule has 0 aliphatic carbocycles. The summed E-state index contributed by atoms with van der Waals surface area (Å²) in [6.07, 6.45) is 2.62. The molecule has 2 aromatic rings. The Bertz CT molecular complexity index is 1090. The van der Waals surface area contributed by atoms with Crippen LogP contribution in [0, 0.1) is 6.92 Å². The highest BCUT2D eigenvalue weighted by molar-refractivity contribution is 5.98. The quantitative estimate of drug-likeness (QED) is 0.666. The largest absolute Gasteiger partial charge is 0.496 e. The second kappa shape index (κ2) is 9.87. The van der Waals surface area contributed by atoms with E-state index in [1.165, 1.54) is 13.2 Å². The minimum atomic E-state index is -0.125. The van der Waals surface area contributed by atoms with Crippen LogP contribution in [0.5, 0.6) is 17.2 Å². The zero-order chi connectivity index (χ0) is 23.5. The number of amides is 1. The minimum Gasteiger partial charge on any atom is -0.496 e. The van der Waals surface area contributed by atoms with Crippen molar-refractivity contribution >= 4 is 5.91 Å². The molecule has 0 saturated carbocycles. The average molecular weight is 456 g/mol. The molecule has 1 saturated heterocycles. The Morgan fingerprint density at radius 2 is 1.67 bits per heavy atom. The van der Waals surface area contributed by atoms with E-state index >= 15 is 0 Å². The van der Waals surface area contributed by atoms with Crippen LogP contribution in [0.4, 0.5) is 0 Å². The zero-order valence-electron chi connectivity index (χ0n) is 20.0. The summed E-state index contributed by atoms with van der Waals surface area (Å²) in [6, 6.07) is 5.44. The van der Waals surface area contributed by atoms with Crippen molar-refractivity contribution in [2.75, 3.05) is 47.5 Å². The molecule has 0 spiro atoms. The highest BCUT2D eigenvalue weighted by atomic mass is 16.5. The molecule has 3 heterocycles. The van der Waals surface area contributed by atoms with Gasteiger partial charge in [0.25, 0.3) is 11.5 Å². The number of nitrogens with zero attached hydrogens (tertiary/aromatic N) is 3. The maximum atomic E-state index is 13.4. The molecule has 2 aliphatic heterocycles. The van der Waals surface area contributed by atoms with Crippen LogP contribution in [0.25, 0.3) is 0 Å². The van der Waals surface area contributed by atoms with Gasteiger partial charge in [0.2, 0.25) is 0 Å². The Labute approximate surface area is 194 Å². The van der Waals surface area contributed by atoms with Gasteiger partial charge < -0.3 is 23.7 Å². The number of benzene rings is 1. The van der Waals surface area contributed by atoms with Gasteiger partial charge in [0, 0.05) is 68.6 Å². The first-order chi connectivity index (χ1) is 16.0. The first-order valence-corrected chi connectivity index (χ1v) is 11.5. The number of rotatable bonds is 6. The third-order valence-electron chi connectivity index (χ3n) is 6.77. The van der Waals surface area contributed by atoms with Crippen molar-refractivity contribution < 1.29 is 19.0 Å². The number of ether oxygens (including phenoxy) is 3. The van der Waals surface area contributed by atoms with Crippen molar-refractivity contribution in [3.63, 3.8) is 0 Å². The van der Waals surface area contributed by atoms with Crippen LogP contribution in [0.1, 0.15) is 40.0 Å². The van der Waals surface area contributed by atoms with Crippen molar-refractivity contribution in [3.8, 4) is 17.2 Å². The van der Waals surface area contributed by atoms with Crippen LogP contribution in [0.3, 0.4) is 0 Å². The highest BCUT2D eigenvalue weighted by Gasteiger charge is 2.29. The summed E-state index contributed by atoms with van der Waals surface area (Å²) < 4.78 is 18.4. The van der Waals surface area contributed by atoms with Crippen LogP contribution in [-0.2, 0) is 19.5 Å². The predicted octanol–water partition coefficient (Wildman–Crippen LogP) is 2.48. The molecular weight excluding hydrogens is 422 g/mol. The number of hydrogen-bond acceptors (Lipinski definition) is 6. The fourth-order valence-corrected chi connectivity index (χ4v) is 5.02. The van der Waals surface area contributed by atoms with E-state index in [4.69, 9.17) is 14.2 Å². The number of carbonyl (C=O) groups excluding carboxylic acids is 1. The van der Waals surface area contributed by atoms with Crippen molar-refractivity contribution in [2.45, 2.75) is 39.3 Å². The minimum absolute atomic E-state index is 0.0333. The molecule has 1 fully saturated rings. The van der Waals surface area contributed by atoms with Gasteiger partial charge in [0.1, 0.15) is 22.8 Å². The Morgan fingerprint density at radius 3 is 2.33 bits per heavy atom. The maximum Gasteiger partial charge on any atom is 0.259 e. The molecule has 8 heteroatoms. The maximum absolute atomic E-state index is 13.4. The van der Waals surface area contributed by atoms with E-state index in [-0.39, 0.29) is 11.5 Å². The fraction of sp³-hybridized carbons (Fsp3) is 0.520. The molecule has 33 heavy (non-hydrogen) atoms. The van der Waals surface area contributed by atoms with E-state index in [1.807, 2.05) is 24.0 Å². The van der Waals surface area contributed by atoms with E-state index in [9.17, 15) is 9.59 Å². The molecule has 0 atom stereocenters. The number of carbonyl (C=O) groups is 1. The number of aromatic nitrogens is 1. The van der Waals surface area contributed by atoms with Gasteiger partial charge in [0.15, 0.2) is 0 Å². The monoisotopic (exact) mass is 455 g/mol. The summed E-state index contributed by atoms with van der Waals surface area (Å²) >= 11 is 0. The summed E-state index contributed by atoms with van der Waals surface area (Å²) in [4.78, 5) is 30.4. The number of methoxy groups -OCH3 is 3. The van der Waals surface area contributed by atoms with E-state index in [2.05, 4.69) is 4.90 Å². The van der Waals surface area contributed by atoms with Crippen LogP contribution in [0.15, 0.2) is 23.0 Å². The Morgan fingerprint density at radius 1 is 0.939 bits per heavy atom. The third kappa shape index (κ3) is 4.44. The lowest BCUT2D eigenvalue weighted by Crippen LogP contribution is -2.33. The van der Waals surface area contributed by atoms with Crippen molar-refractivity contribution in [1.82, 2.24) is 14.4 Å². The molecule has 1 aromatic carbocycles. The lowest BCUT2D eigenvalue weighted by atomic mass is 10.1. The normalized spacial score (nSPS) is 16.3. The standard InChI is InChI=1S/C25H33N3O5/c1-17-20(31-2)8-7-18(24(17)33-4)16-26-12-9-19-23(25(30)27-10-5-6-11-27)21(32-3)15-22(29)28(19)14-13-26/h7-8,15H,5-6,9-14,16H2,1-4H3. The molecule has 2 aliphatic rings. The zero-order valence-corrected chi connectivity index (χ0v) is 20.0. The van der Waals surface area contributed by atoms with E-state index in [1.54, 1.807) is 18.8 Å². The van der Waals surface area contributed by atoms with Crippen LogP contribution >= 0.6 is 0 Å². The van der Waals surface area contributed by atoms with E-state index in [0.717, 1.165) is 60.8 Å². The first-order valence-electron chi connectivity index (χ1n) is 11.5. The molecule has 0 unspecified atom stereocenters. The SMILES string of the molecule is COc1ccc(CN2CCc3c(C(=O)N4CCCC4)c(OC)cc(=O)n3CC2)c(OC)c1C. The number of fused-ring (bicyclic) bond motifs is 1. The Hall–Kier alpha value is -3.00. The number of pyridine rings is 1. The van der Waals surface area contributed by atoms with Gasteiger partial charge in [0.05, 0.1) is 21.3 Å². The van der Waals surface area contributed by atoms with Crippen molar-refractivity contribution in [2.24, 2.45) is 0 Å². The van der Waals surface area contributed by atoms with E-state index in [0.29, 0.717) is 37.4 Å². The molecule has 178 valence electrons. The molecule has 4 rings (SSSR count). The predicted molar refractivity (Wildman–Crippen MR) is 126 cm³/mol. The Kier molecular flexibility index (Phi) is 6.93. The van der Waals surface area contributed by atoms with Gasteiger partial charge in [-0.15, -0.1) is 0 Å². The van der Waals surface area contributed by atoms with Crippen LogP contribution in [0.2, 0.25) is 0 Å². The summed E-state index contributed by atoms with van der Waals surface area (Å²) in [5.41, 5.74) is 3.23. The summed E-state index contributed by atoms with van der Waals surface area (Å²) in [7, 11) is 4.85. The first kappa shape index (κ1) is 23.2. The van der Waals surface area contributed by atoms with Gasteiger partial charge in [-0.3, -0.25) is 14.5 Å². The van der Waals surface area contributed by atoms with Gasteiger partial charge in [-0.25, -0.2) is 0 Å². The number of hydrogen-bond donors (Lipinski definition) is 0. The summed E-state index contributed by atoms with van der Waals surface area (Å²) in [5.74, 6) is 1.96. The summed E-state index contributed by atoms with van der Waals surface area (Å²) in [5, 5.41) is 0. The van der Waals surface area contributed by atoms with Gasteiger partial charge >= 0.3 is 0 Å². The van der Waals surface area contributed by atoms with Crippen molar-refractivity contribution in [1.29, 1.82) is 0 Å². The molecular formula is C25H33N3O5. The molecule has 0 bridgehead atoms. The van der Waals surface area contributed by atoms with Crippen LogP contribution < -0.4 is 19.8 Å². The van der Waals surface area contributed by atoms with Crippen LogP contribution in [-0.4, -0.2) is 67.8 Å². The third-order valence-corrected chi connectivity index (χ3v) is 6.77. The lowest BCUT2D eigenvalue weighted by molar-refractivity contribution is 0.0787. The molecule has 1 amide bonds. The lowest BCUT2D eigenvalue weighted by Gasteiger charge is -2.22. The van der Waals surface area contributed by atoms with E-state index < -0.39 is 0 Å². The highest BCUT2D eigenvalue weighted by Crippen LogP contribution is 2.32. The molecule has 8 nitrogen and oxygen atoms in total. The summed E-state index contributed by atoms with van der Waals surface area (Å²) in [6.45, 7) is 6.12. The second-order valence-corrected chi connectivity index (χ2v) is 8.63. The fourth-order valence-electron chi connectivity index (χ4n) is 5.02. The smallest absolute Gasteiger partial charge is 0.259 e. The van der Waals surface area contributed by atoms with Gasteiger partial charge in [-0.1, -0.05) is 6.07 Å². The molecule has 1 aromatic heterocycles. The van der Waals surface area contributed by atoms with Gasteiger partial charge in [-0.2, -0.15) is 0 Å². The molecule has 0 radical (unpaired) electrons. The molecule has 0 N–H and O–H groups in total. The topological polar surface area (TPSA) is 73.2 Å². The average Bonchev–Trinajstić information content (AvgIpc) is 3.28. The second-order valence-electron chi connectivity index (χ2n) is 8.63.